The monoisotopic (exact) mass is 254 g/mol. The predicted molar refractivity (Wildman–Crippen MR) is 61.8 cm³/mol. The molecular weight excluding hydrogens is 236 g/mol. The van der Waals surface area contributed by atoms with Crippen LogP contribution in [0.4, 0.5) is 0 Å². The second-order valence-corrected chi connectivity index (χ2v) is 4.90. The fourth-order valence-electron chi connectivity index (χ4n) is 1.92. The number of carboxylic acid groups (broad SMARTS) is 1. The van der Waals surface area contributed by atoms with Crippen LogP contribution in [-0.4, -0.2) is 37.4 Å². The molecule has 1 fully saturated rings. The average Bonchev–Trinajstić information content (AvgIpc) is 3.02. The highest BCUT2D eigenvalue weighted by Gasteiger charge is 2.36. The van der Waals surface area contributed by atoms with Gasteiger partial charge in [0.2, 0.25) is 0 Å². The molecule has 1 heterocycles. The van der Waals surface area contributed by atoms with E-state index in [0.717, 1.165) is 12.8 Å². The molecule has 1 aliphatic carbocycles. The summed E-state index contributed by atoms with van der Waals surface area (Å²) in [5, 5.41) is 20.4. The number of carbonyl (C=O) groups is 1. The Morgan fingerprint density at radius 3 is 2.83 bits per heavy atom. The van der Waals surface area contributed by atoms with Crippen LogP contribution >= 0.6 is 0 Å². The smallest absolute Gasteiger partial charge is 0.305 e. The van der Waals surface area contributed by atoms with Crippen LogP contribution in [0.2, 0.25) is 0 Å². The number of ether oxygens (including phenoxy) is 1. The highest BCUT2D eigenvalue weighted by molar-refractivity contribution is 5.67. The number of hydrogen-bond donors (Lipinski definition) is 1. The summed E-state index contributed by atoms with van der Waals surface area (Å²) in [5.41, 5.74) is 0. The van der Waals surface area contributed by atoms with Crippen molar-refractivity contribution in [1.29, 1.82) is 0 Å². The largest absolute Gasteiger partial charge is 0.481 e. The number of rotatable bonds is 7. The summed E-state index contributed by atoms with van der Waals surface area (Å²) in [6.45, 7) is 4.18. The zero-order valence-electron chi connectivity index (χ0n) is 10.6. The number of nitrogens with zero attached hydrogens (tertiary/aromatic N) is 4. The molecule has 1 atom stereocenters. The number of carboxylic acids is 1. The van der Waals surface area contributed by atoms with E-state index in [0.29, 0.717) is 18.3 Å². The molecule has 0 amide bonds. The van der Waals surface area contributed by atoms with Crippen molar-refractivity contribution in [2.75, 3.05) is 0 Å². The SMILES string of the molecule is CC(C)OCc1nnnn1C(CC(=O)O)C1CC1. The topological polar surface area (TPSA) is 90.1 Å². The molecule has 1 N–H and O–H groups in total. The summed E-state index contributed by atoms with van der Waals surface area (Å²) in [7, 11) is 0. The third-order valence-electron chi connectivity index (χ3n) is 2.97. The highest BCUT2D eigenvalue weighted by atomic mass is 16.5. The molecule has 1 saturated carbocycles. The second-order valence-electron chi connectivity index (χ2n) is 4.90. The van der Waals surface area contributed by atoms with E-state index in [1.807, 2.05) is 13.8 Å². The number of aromatic nitrogens is 4. The molecule has 1 aliphatic rings. The van der Waals surface area contributed by atoms with E-state index in [1.54, 1.807) is 4.68 Å². The van der Waals surface area contributed by atoms with Gasteiger partial charge in [0.15, 0.2) is 5.82 Å². The Kier molecular flexibility index (Phi) is 3.90. The minimum absolute atomic E-state index is 0.0599. The molecule has 1 unspecified atom stereocenters. The normalized spacial score (nSPS) is 17.1. The van der Waals surface area contributed by atoms with E-state index in [1.165, 1.54) is 0 Å². The lowest BCUT2D eigenvalue weighted by atomic mass is 10.1. The van der Waals surface area contributed by atoms with E-state index >= 15 is 0 Å². The van der Waals surface area contributed by atoms with Crippen LogP contribution in [-0.2, 0) is 16.1 Å². The summed E-state index contributed by atoms with van der Waals surface area (Å²) >= 11 is 0. The molecule has 0 bridgehead atoms. The third kappa shape index (κ3) is 3.25. The summed E-state index contributed by atoms with van der Waals surface area (Å²) in [6.07, 6.45) is 2.24. The van der Waals surface area contributed by atoms with Gasteiger partial charge in [-0.1, -0.05) is 0 Å². The first-order valence-corrected chi connectivity index (χ1v) is 6.18. The average molecular weight is 254 g/mol. The van der Waals surface area contributed by atoms with Crippen LogP contribution in [0.1, 0.15) is 45.0 Å². The Bertz CT molecular complexity index is 414. The zero-order chi connectivity index (χ0) is 13.1. The molecule has 1 aromatic rings. The summed E-state index contributed by atoms with van der Waals surface area (Å²) < 4.78 is 7.09. The van der Waals surface area contributed by atoms with Gasteiger partial charge in [0.25, 0.3) is 0 Å². The van der Waals surface area contributed by atoms with Crippen LogP contribution < -0.4 is 0 Å². The Labute approximate surface area is 105 Å². The molecule has 1 aromatic heterocycles. The van der Waals surface area contributed by atoms with Crippen LogP contribution in [0, 0.1) is 5.92 Å². The zero-order valence-corrected chi connectivity index (χ0v) is 10.6. The first kappa shape index (κ1) is 12.9. The fraction of sp³-hybridized carbons (Fsp3) is 0.818. The Morgan fingerprint density at radius 1 is 1.56 bits per heavy atom. The van der Waals surface area contributed by atoms with Gasteiger partial charge in [-0.2, -0.15) is 0 Å². The van der Waals surface area contributed by atoms with Crippen LogP contribution in [0.25, 0.3) is 0 Å². The van der Waals surface area contributed by atoms with Crippen molar-refractivity contribution < 1.29 is 14.6 Å². The lowest BCUT2D eigenvalue weighted by molar-refractivity contribution is -0.138. The minimum atomic E-state index is -0.821. The maximum Gasteiger partial charge on any atom is 0.305 e. The lowest BCUT2D eigenvalue weighted by Crippen LogP contribution is -2.20. The van der Waals surface area contributed by atoms with Crippen molar-refractivity contribution in [2.45, 2.75) is 51.9 Å². The third-order valence-corrected chi connectivity index (χ3v) is 2.97. The Hall–Kier alpha value is -1.50. The van der Waals surface area contributed by atoms with Gasteiger partial charge in [-0.15, -0.1) is 5.10 Å². The minimum Gasteiger partial charge on any atom is -0.481 e. The van der Waals surface area contributed by atoms with Crippen molar-refractivity contribution in [3.8, 4) is 0 Å². The Morgan fingerprint density at radius 2 is 2.28 bits per heavy atom. The number of tetrazole rings is 1. The van der Waals surface area contributed by atoms with Gasteiger partial charge in [-0.25, -0.2) is 4.68 Å². The van der Waals surface area contributed by atoms with E-state index in [9.17, 15) is 4.79 Å². The molecule has 100 valence electrons. The standard InChI is InChI=1S/C11H18N4O3/c1-7(2)18-6-10-12-13-14-15(10)9(5-11(16)17)8-3-4-8/h7-9H,3-6H2,1-2H3,(H,16,17). The molecule has 7 heteroatoms. The van der Waals surface area contributed by atoms with Gasteiger partial charge < -0.3 is 9.84 Å². The summed E-state index contributed by atoms with van der Waals surface area (Å²) in [4.78, 5) is 10.9. The van der Waals surface area contributed by atoms with Crippen molar-refractivity contribution in [1.82, 2.24) is 20.2 Å². The molecule has 7 nitrogen and oxygen atoms in total. The van der Waals surface area contributed by atoms with Crippen LogP contribution in [0.3, 0.4) is 0 Å². The lowest BCUT2D eigenvalue weighted by Gasteiger charge is -2.16. The molecular formula is C11H18N4O3. The molecule has 0 radical (unpaired) electrons. The van der Waals surface area contributed by atoms with Gasteiger partial charge in [0.1, 0.15) is 6.61 Å². The van der Waals surface area contributed by atoms with Gasteiger partial charge in [0.05, 0.1) is 18.6 Å². The Balaban J connectivity index is 2.09. The van der Waals surface area contributed by atoms with E-state index in [-0.39, 0.29) is 18.6 Å². The number of aliphatic carboxylic acids is 1. The summed E-state index contributed by atoms with van der Waals surface area (Å²) in [5.74, 6) is 0.155. The van der Waals surface area contributed by atoms with Crippen LogP contribution in [0.5, 0.6) is 0 Å². The van der Waals surface area contributed by atoms with Crippen molar-refractivity contribution in [3.63, 3.8) is 0 Å². The molecule has 0 spiro atoms. The highest BCUT2D eigenvalue weighted by Crippen LogP contribution is 2.41. The van der Waals surface area contributed by atoms with E-state index < -0.39 is 5.97 Å². The predicted octanol–water partition coefficient (Wildman–Crippen LogP) is 1.02. The molecule has 0 aromatic carbocycles. The maximum absolute atomic E-state index is 10.9. The van der Waals surface area contributed by atoms with Gasteiger partial charge >= 0.3 is 5.97 Å². The van der Waals surface area contributed by atoms with Crippen LogP contribution in [0.15, 0.2) is 0 Å². The van der Waals surface area contributed by atoms with Gasteiger partial charge in [-0.3, -0.25) is 4.79 Å². The molecule has 0 aliphatic heterocycles. The van der Waals surface area contributed by atoms with Crippen molar-refractivity contribution >= 4 is 5.97 Å². The van der Waals surface area contributed by atoms with Crippen molar-refractivity contribution in [2.24, 2.45) is 5.92 Å². The maximum atomic E-state index is 10.9. The first-order valence-electron chi connectivity index (χ1n) is 6.18. The molecule has 2 rings (SSSR count). The molecule has 18 heavy (non-hydrogen) atoms. The second kappa shape index (κ2) is 5.43. The fourth-order valence-corrected chi connectivity index (χ4v) is 1.92. The van der Waals surface area contributed by atoms with E-state index in [2.05, 4.69) is 15.5 Å². The van der Waals surface area contributed by atoms with Gasteiger partial charge in [-0.05, 0) is 43.0 Å². The number of hydrogen-bond acceptors (Lipinski definition) is 5. The van der Waals surface area contributed by atoms with E-state index in [4.69, 9.17) is 9.84 Å². The van der Waals surface area contributed by atoms with Crippen molar-refractivity contribution in [3.05, 3.63) is 5.82 Å². The first-order chi connectivity index (χ1) is 8.58. The quantitative estimate of drug-likeness (QED) is 0.781. The van der Waals surface area contributed by atoms with Gasteiger partial charge in [0, 0.05) is 0 Å². The summed E-state index contributed by atoms with van der Waals surface area (Å²) in [6, 6.07) is -0.150. The molecule has 0 saturated heterocycles.